The van der Waals surface area contributed by atoms with Crippen LogP contribution in [0.5, 0.6) is 0 Å². The minimum Gasteiger partial charge on any atom is -0.477 e. The Morgan fingerprint density at radius 2 is 2.07 bits per heavy atom. The Hall–Kier alpha value is -2.59. The van der Waals surface area contributed by atoms with Crippen molar-refractivity contribution in [1.29, 1.82) is 0 Å². The minimum absolute atomic E-state index is 0.0513. The molecule has 7 atom stereocenters. The number of thioether (sulfide) groups is 1. The van der Waals surface area contributed by atoms with Crippen molar-refractivity contribution < 1.29 is 24.6 Å². The van der Waals surface area contributed by atoms with Gasteiger partial charge in [-0.2, -0.15) is 0 Å². The molecule has 224 valence electrons. The number of aliphatic carboxylic acids is 1. The number of aliphatic hydroxyl groups is 1. The molecule has 0 aromatic carbocycles. The summed E-state index contributed by atoms with van der Waals surface area (Å²) in [6.45, 7) is 7.12. The number of hydrogen-bond donors (Lipinski definition) is 5. The third-order valence-corrected chi connectivity index (χ3v) is 11.2. The number of nitrogens with one attached hydrogen (secondary N) is 3. The third-order valence-electron chi connectivity index (χ3n) is 9.66. The van der Waals surface area contributed by atoms with Crippen molar-refractivity contribution in [2.24, 2.45) is 11.8 Å². The Balaban J connectivity index is 1.06. The molecule has 0 aliphatic carbocycles. The summed E-state index contributed by atoms with van der Waals surface area (Å²) < 4.78 is 1.29. The number of aliphatic hydroxyl groups excluding tert-OH is 1. The Labute approximate surface area is 242 Å². The van der Waals surface area contributed by atoms with Crippen LogP contribution in [0.4, 0.5) is 0 Å². The Morgan fingerprint density at radius 3 is 2.73 bits per heavy atom. The third kappa shape index (κ3) is 5.26. The van der Waals surface area contributed by atoms with E-state index in [2.05, 4.69) is 36.4 Å². The molecule has 0 radical (unpaired) electrons. The summed E-state index contributed by atoms with van der Waals surface area (Å²) in [5.41, 5.74) is 0.296. The number of tetrazole rings is 1. The average Bonchev–Trinajstić information content (AvgIpc) is 3.74. The normalized spacial score (nSPS) is 32.7. The number of carboxylic acid groups (broad SMARTS) is 1. The second-order valence-electron chi connectivity index (χ2n) is 12.1. The molecule has 1 spiro atoms. The second-order valence-corrected chi connectivity index (χ2v) is 13.5. The van der Waals surface area contributed by atoms with E-state index in [-0.39, 0.29) is 52.8 Å². The molecule has 4 fully saturated rings. The van der Waals surface area contributed by atoms with Gasteiger partial charge in [0.1, 0.15) is 24.8 Å². The fourth-order valence-corrected chi connectivity index (χ4v) is 8.98. The molecule has 4 saturated heterocycles. The number of fused-ring (bicyclic) bond motifs is 1. The van der Waals surface area contributed by atoms with Crippen LogP contribution in [0, 0.1) is 11.8 Å². The van der Waals surface area contributed by atoms with Crippen molar-refractivity contribution in [3.8, 4) is 0 Å². The zero-order chi connectivity index (χ0) is 28.9. The molecule has 2 amide bonds. The van der Waals surface area contributed by atoms with Crippen LogP contribution in [0.15, 0.2) is 16.9 Å². The van der Waals surface area contributed by atoms with Crippen molar-refractivity contribution in [2.45, 2.75) is 87.6 Å². The predicted octanol–water partition coefficient (Wildman–Crippen LogP) is -1.05. The first kappa shape index (κ1) is 28.5. The summed E-state index contributed by atoms with van der Waals surface area (Å²) in [6, 6.07) is -0.907. The van der Waals surface area contributed by atoms with Crippen molar-refractivity contribution in [1.82, 2.24) is 46.0 Å². The molecule has 6 rings (SSSR count). The Morgan fingerprint density at radius 1 is 1.29 bits per heavy atom. The molecular formula is C26H39N9O5S. The quantitative estimate of drug-likeness (QED) is 0.221. The number of amides is 2. The summed E-state index contributed by atoms with van der Waals surface area (Å²) in [7, 11) is 0. The first-order valence-electron chi connectivity index (χ1n) is 14.6. The maximum Gasteiger partial charge on any atom is 0.353 e. The average molecular weight is 590 g/mol. The summed E-state index contributed by atoms with van der Waals surface area (Å²) in [5, 5.41) is 42.1. The fraction of sp³-hybridized carbons (Fsp3) is 0.769. The van der Waals surface area contributed by atoms with E-state index in [9.17, 15) is 24.6 Å². The number of piperidine rings is 1. The maximum absolute atomic E-state index is 13.2. The smallest absolute Gasteiger partial charge is 0.353 e. The van der Waals surface area contributed by atoms with Crippen molar-refractivity contribution in [3.05, 3.63) is 16.9 Å². The van der Waals surface area contributed by atoms with Gasteiger partial charge in [0, 0.05) is 53.3 Å². The molecule has 0 bridgehead atoms. The van der Waals surface area contributed by atoms with Gasteiger partial charge >= 0.3 is 5.97 Å². The van der Waals surface area contributed by atoms with Crippen molar-refractivity contribution in [2.75, 3.05) is 26.2 Å². The van der Waals surface area contributed by atoms with Gasteiger partial charge in [-0.3, -0.25) is 14.5 Å². The number of carboxylic acids is 1. The van der Waals surface area contributed by atoms with Gasteiger partial charge in [-0.1, -0.05) is 6.92 Å². The summed E-state index contributed by atoms with van der Waals surface area (Å²) >= 11 is 1.51. The SMILES string of the molecule is C[C@@H](NC(=O)Cn1cnnn1)[C@H]1C(=O)N2C(C(=O)O)=C(SC3CNC(C(O)N4CCC5(CCCN5)CC4)C3)[C@H](C)[C@H]12. The van der Waals surface area contributed by atoms with Gasteiger partial charge < -0.3 is 31.1 Å². The van der Waals surface area contributed by atoms with E-state index >= 15 is 0 Å². The van der Waals surface area contributed by atoms with Gasteiger partial charge in [0.15, 0.2) is 0 Å². The first-order valence-corrected chi connectivity index (χ1v) is 15.4. The summed E-state index contributed by atoms with van der Waals surface area (Å²) in [5.74, 6) is -2.44. The van der Waals surface area contributed by atoms with Gasteiger partial charge in [-0.05, 0) is 56.0 Å². The molecule has 5 aliphatic heterocycles. The van der Waals surface area contributed by atoms with Crippen LogP contribution in [-0.2, 0) is 20.9 Å². The molecular weight excluding hydrogens is 550 g/mol. The second kappa shape index (κ2) is 11.2. The van der Waals surface area contributed by atoms with E-state index in [1.54, 1.807) is 6.92 Å². The fourth-order valence-electron chi connectivity index (χ4n) is 7.48. The molecule has 41 heavy (non-hydrogen) atoms. The lowest BCUT2D eigenvalue weighted by molar-refractivity contribution is -0.158. The van der Waals surface area contributed by atoms with Gasteiger partial charge in [0.05, 0.1) is 12.0 Å². The highest BCUT2D eigenvalue weighted by molar-refractivity contribution is 8.03. The van der Waals surface area contributed by atoms with E-state index < -0.39 is 24.2 Å². The molecule has 1 aromatic heterocycles. The van der Waals surface area contributed by atoms with Crippen LogP contribution >= 0.6 is 11.8 Å². The summed E-state index contributed by atoms with van der Waals surface area (Å²) in [4.78, 5) is 42.3. The number of carbonyl (C=O) groups is 3. The number of likely N-dealkylation sites (tertiary alicyclic amines) is 1. The van der Waals surface area contributed by atoms with Crippen LogP contribution in [-0.4, -0.2) is 119 Å². The molecule has 5 N–H and O–H groups in total. The number of rotatable bonds is 9. The minimum atomic E-state index is -1.12. The monoisotopic (exact) mass is 589 g/mol. The highest BCUT2D eigenvalue weighted by Gasteiger charge is 2.60. The molecule has 0 saturated carbocycles. The number of β-lactam (4-membered cyclic amide) rings is 1. The predicted molar refractivity (Wildman–Crippen MR) is 148 cm³/mol. The lowest BCUT2D eigenvalue weighted by Crippen LogP contribution is -2.66. The first-order chi connectivity index (χ1) is 19.7. The molecule has 1 aromatic rings. The highest BCUT2D eigenvalue weighted by atomic mass is 32.2. The van der Waals surface area contributed by atoms with Gasteiger partial charge in [0.25, 0.3) is 0 Å². The van der Waals surface area contributed by atoms with Gasteiger partial charge in [-0.15, -0.1) is 16.9 Å². The summed E-state index contributed by atoms with van der Waals surface area (Å²) in [6.07, 6.45) is 5.98. The van der Waals surface area contributed by atoms with Gasteiger partial charge in [0.2, 0.25) is 11.8 Å². The number of carbonyl (C=O) groups excluding carboxylic acids is 2. The molecule has 3 unspecified atom stereocenters. The van der Waals surface area contributed by atoms with E-state index in [4.69, 9.17) is 0 Å². The van der Waals surface area contributed by atoms with Gasteiger partial charge in [-0.25, -0.2) is 9.48 Å². The maximum atomic E-state index is 13.2. The highest BCUT2D eigenvalue weighted by Crippen LogP contribution is 2.52. The zero-order valence-corrected chi connectivity index (χ0v) is 24.2. The van der Waals surface area contributed by atoms with E-state index in [1.807, 2.05) is 6.92 Å². The lowest BCUT2D eigenvalue weighted by atomic mass is 9.78. The van der Waals surface area contributed by atoms with Crippen LogP contribution in [0.3, 0.4) is 0 Å². The molecule has 14 nitrogen and oxygen atoms in total. The van der Waals surface area contributed by atoms with E-state index in [1.165, 1.54) is 40.5 Å². The topological polar surface area (TPSA) is 178 Å². The van der Waals surface area contributed by atoms with Crippen LogP contribution in [0.1, 0.15) is 46.0 Å². The van der Waals surface area contributed by atoms with E-state index in [0.717, 1.165) is 32.5 Å². The number of aromatic nitrogens is 4. The lowest BCUT2D eigenvalue weighted by Gasteiger charge is -2.47. The van der Waals surface area contributed by atoms with Crippen molar-refractivity contribution in [3.63, 3.8) is 0 Å². The number of hydrogen-bond acceptors (Lipinski definition) is 11. The van der Waals surface area contributed by atoms with Crippen LogP contribution in [0.25, 0.3) is 0 Å². The number of nitrogens with zero attached hydrogens (tertiary/aromatic N) is 6. The van der Waals surface area contributed by atoms with Crippen LogP contribution < -0.4 is 16.0 Å². The molecule has 6 heterocycles. The zero-order valence-electron chi connectivity index (χ0n) is 23.4. The van der Waals surface area contributed by atoms with E-state index in [0.29, 0.717) is 17.9 Å². The molecule has 5 aliphatic rings. The standard InChI is InChI=1S/C26H39N9O5S/c1-14-20-19(15(2)30-18(36)12-34-13-29-31-32-34)24(38)35(20)21(25(39)40)22(14)41-16-10-17(27-11-16)23(37)33-8-5-26(6-9-33)4-3-7-28-26/h13-17,19-20,23,27-28,37H,3-12H2,1-2H3,(H,30,36)(H,39,40)/t14-,15-,16?,17?,19-,20-,23?/m1/s1. The Kier molecular flexibility index (Phi) is 7.82. The Bertz CT molecular complexity index is 1200. The van der Waals surface area contributed by atoms with Crippen molar-refractivity contribution >= 4 is 29.5 Å². The molecule has 15 heteroatoms. The largest absolute Gasteiger partial charge is 0.477 e. The van der Waals surface area contributed by atoms with Crippen LogP contribution in [0.2, 0.25) is 0 Å².